The summed E-state index contributed by atoms with van der Waals surface area (Å²) < 4.78 is 0. The molecule has 2 heteroatoms. The topological polar surface area (TPSA) is 0 Å². The van der Waals surface area contributed by atoms with E-state index in [-0.39, 0.29) is 0 Å². The molecule has 5 heavy (non-hydrogen) atoms. The van der Waals surface area contributed by atoms with Crippen LogP contribution in [-0.2, 0) is 0 Å². The van der Waals surface area contributed by atoms with E-state index in [1.165, 1.54) is 0 Å². The van der Waals surface area contributed by atoms with Crippen LogP contribution in [0.15, 0.2) is 0 Å². The van der Waals surface area contributed by atoms with Crippen molar-refractivity contribution < 1.29 is 0 Å². The van der Waals surface area contributed by atoms with E-state index >= 15 is 0 Å². The molecule has 0 aliphatic heterocycles. The maximum absolute atomic E-state index is 4.21. The zero-order valence-electron chi connectivity index (χ0n) is 3.86. The van der Waals surface area contributed by atoms with Gasteiger partial charge in [-0.15, -0.1) is 11.7 Å². The van der Waals surface area contributed by atoms with Gasteiger partial charge in [0.05, 0.1) is 0 Å². The number of hydrogen-bond acceptors (Lipinski definition) is 1. The molecule has 0 nitrogen and oxygen atoms in total. The Balaban J connectivity index is 3.02. The third-order valence-electron chi connectivity index (χ3n) is 0. The second-order valence-corrected chi connectivity index (χ2v) is 8.60. The lowest BCUT2D eigenvalue weighted by Crippen LogP contribution is -1.73. The Morgan fingerprint density at radius 1 is 1.20 bits per heavy atom. The van der Waals surface area contributed by atoms with Crippen molar-refractivity contribution in [1.29, 1.82) is 0 Å². The van der Waals surface area contributed by atoms with Gasteiger partial charge in [-0.1, -0.05) is 0 Å². The third-order valence-corrected chi connectivity index (χ3v) is 0. The van der Waals surface area contributed by atoms with E-state index in [9.17, 15) is 0 Å². The van der Waals surface area contributed by atoms with Crippen molar-refractivity contribution in [2.75, 3.05) is 18.8 Å². The number of hydrogen-bond donors (Lipinski definition) is 1. The molecular formula is C3H10S2. The highest BCUT2D eigenvalue weighted by Crippen LogP contribution is 2.39. The van der Waals surface area contributed by atoms with E-state index < -0.39 is 9.06 Å². The molecule has 0 aliphatic carbocycles. The molecule has 0 aromatic rings. The first-order valence-electron chi connectivity index (χ1n) is 1.41. The maximum Gasteiger partial charge on any atom is -0.0265 e. The van der Waals surface area contributed by atoms with Gasteiger partial charge >= 0.3 is 0 Å². The Labute approximate surface area is 40.1 Å². The molecule has 0 rings (SSSR count). The minimum absolute atomic E-state index is 0.472. The normalized spacial score (nSPS) is 15.2. The average molecular weight is 110 g/mol. The summed E-state index contributed by atoms with van der Waals surface area (Å²) in [6.45, 7) is 0. The van der Waals surface area contributed by atoms with Crippen molar-refractivity contribution in [3.8, 4) is 0 Å². The van der Waals surface area contributed by atoms with Gasteiger partial charge in [-0.3, -0.25) is 0 Å². The monoisotopic (exact) mass is 110 g/mol. The summed E-state index contributed by atoms with van der Waals surface area (Å²) in [6.07, 6.45) is 6.41. The molecule has 0 spiro atoms. The molecule has 0 aliphatic rings. The van der Waals surface area contributed by atoms with Crippen LogP contribution < -0.4 is 0 Å². The van der Waals surface area contributed by atoms with Gasteiger partial charge in [0.1, 0.15) is 0 Å². The van der Waals surface area contributed by atoms with Crippen LogP contribution in [-0.4, -0.2) is 18.8 Å². The zero-order chi connectivity index (χ0) is 4.50. The van der Waals surface area contributed by atoms with Crippen molar-refractivity contribution in [2.45, 2.75) is 0 Å². The van der Waals surface area contributed by atoms with Gasteiger partial charge in [0.2, 0.25) is 0 Å². The van der Waals surface area contributed by atoms with Crippen molar-refractivity contribution in [1.82, 2.24) is 0 Å². The molecule has 0 N–H and O–H groups in total. The molecule has 0 aromatic heterocycles. The van der Waals surface area contributed by atoms with Crippen molar-refractivity contribution >= 4 is 20.7 Å². The van der Waals surface area contributed by atoms with Crippen LogP contribution in [0.1, 0.15) is 0 Å². The second-order valence-electron chi connectivity index (χ2n) is 1.77. The molecule has 0 saturated heterocycles. The van der Waals surface area contributed by atoms with Crippen LogP contribution in [0.5, 0.6) is 0 Å². The van der Waals surface area contributed by atoms with E-state index in [4.69, 9.17) is 0 Å². The predicted molar refractivity (Wildman–Crippen MR) is 34.3 cm³/mol. The summed E-state index contributed by atoms with van der Waals surface area (Å²) in [5.41, 5.74) is 0. The third kappa shape index (κ3) is 69.9. The summed E-state index contributed by atoms with van der Waals surface area (Å²) in [5, 5.41) is 0. The first kappa shape index (κ1) is 5.70. The first-order chi connectivity index (χ1) is 2.00. The summed E-state index contributed by atoms with van der Waals surface area (Å²) in [5.74, 6) is 0. The van der Waals surface area contributed by atoms with Gasteiger partial charge in [-0.2, -0.15) is 0 Å². The Bertz CT molecular complexity index is 20.4. The standard InChI is InChI=1S/C3H10S2/c1-5(2,3)4/h4H,1-3H3. The molecule has 0 bridgehead atoms. The first-order valence-corrected chi connectivity index (χ1v) is 5.32. The lowest BCUT2D eigenvalue weighted by Gasteiger charge is -2.13. The van der Waals surface area contributed by atoms with Gasteiger partial charge in [0.25, 0.3) is 0 Å². The van der Waals surface area contributed by atoms with E-state index in [0.29, 0.717) is 0 Å². The van der Waals surface area contributed by atoms with E-state index in [1.807, 2.05) is 0 Å². The molecule has 0 radical (unpaired) electrons. The molecule has 0 fully saturated rings. The minimum Gasteiger partial charge on any atom is -0.204 e. The van der Waals surface area contributed by atoms with Crippen LogP contribution in [0, 0.1) is 0 Å². The van der Waals surface area contributed by atoms with Gasteiger partial charge in [0.15, 0.2) is 0 Å². The zero-order valence-corrected chi connectivity index (χ0v) is 5.57. The highest BCUT2D eigenvalue weighted by molar-refractivity contribution is 8.87. The molecule has 0 atom stereocenters. The van der Waals surface area contributed by atoms with Crippen molar-refractivity contribution in [3.05, 3.63) is 0 Å². The molecular weight excluding hydrogens is 100 g/mol. The molecule has 0 amide bonds. The largest absolute Gasteiger partial charge is 0.204 e. The summed E-state index contributed by atoms with van der Waals surface area (Å²) in [6, 6.07) is 0. The van der Waals surface area contributed by atoms with Crippen LogP contribution in [0.2, 0.25) is 0 Å². The molecule has 0 saturated carbocycles. The SMILES string of the molecule is CS(C)(C)S. The number of rotatable bonds is 0. The molecule has 0 unspecified atom stereocenters. The fourth-order valence-corrected chi connectivity index (χ4v) is 0. The van der Waals surface area contributed by atoms with Crippen molar-refractivity contribution in [3.63, 3.8) is 0 Å². The Kier molecular flexibility index (Phi) is 1.63. The van der Waals surface area contributed by atoms with Gasteiger partial charge in [-0.05, 0) is 18.8 Å². The summed E-state index contributed by atoms with van der Waals surface area (Å²) in [7, 11) is -0.472. The maximum atomic E-state index is 4.21. The molecule has 0 heterocycles. The van der Waals surface area contributed by atoms with E-state index in [0.717, 1.165) is 0 Å². The van der Waals surface area contributed by atoms with Crippen LogP contribution in [0.3, 0.4) is 0 Å². The van der Waals surface area contributed by atoms with Crippen LogP contribution in [0.25, 0.3) is 0 Å². The second kappa shape index (κ2) is 1.43. The highest BCUT2D eigenvalue weighted by Gasteiger charge is 1.87. The molecule has 34 valence electrons. The van der Waals surface area contributed by atoms with Gasteiger partial charge in [0, 0.05) is 0 Å². The lowest BCUT2D eigenvalue weighted by atomic mass is 11.9. The highest BCUT2D eigenvalue weighted by atomic mass is 33.1. The Morgan fingerprint density at radius 2 is 1.20 bits per heavy atom. The fraction of sp³-hybridized carbons (Fsp3) is 1.00. The van der Waals surface area contributed by atoms with Gasteiger partial charge < -0.3 is 0 Å². The summed E-state index contributed by atoms with van der Waals surface area (Å²) >= 11 is 4.21. The van der Waals surface area contributed by atoms with Crippen molar-refractivity contribution in [2.24, 2.45) is 0 Å². The summed E-state index contributed by atoms with van der Waals surface area (Å²) in [4.78, 5) is 0. The fourth-order valence-electron chi connectivity index (χ4n) is 0. The predicted octanol–water partition coefficient (Wildman–Crippen LogP) is 1.53. The van der Waals surface area contributed by atoms with E-state index in [2.05, 4.69) is 30.4 Å². The molecule has 0 aromatic carbocycles. The quantitative estimate of drug-likeness (QED) is 0.355. The lowest BCUT2D eigenvalue weighted by molar-refractivity contribution is 2.18. The smallest absolute Gasteiger partial charge is 0.0265 e. The minimum atomic E-state index is -0.472. The van der Waals surface area contributed by atoms with Crippen LogP contribution in [0.4, 0.5) is 0 Å². The van der Waals surface area contributed by atoms with E-state index in [1.54, 1.807) is 0 Å². The Hall–Kier alpha value is 0.700. The van der Waals surface area contributed by atoms with Gasteiger partial charge in [-0.25, -0.2) is 9.06 Å². The Morgan fingerprint density at radius 3 is 1.20 bits per heavy atom. The van der Waals surface area contributed by atoms with Crippen LogP contribution >= 0.6 is 20.7 Å². The average Bonchev–Trinajstić information content (AvgIpc) is 0.722. The number of thiol groups is 1.